The van der Waals surface area contributed by atoms with Gasteiger partial charge in [0.1, 0.15) is 6.10 Å². The summed E-state index contributed by atoms with van der Waals surface area (Å²) in [5.74, 6) is -0.487. The molecule has 0 saturated carbocycles. The van der Waals surface area contributed by atoms with Crippen LogP contribution in [0.3, 0.4) is 0 Å². The van der Waals surface area contributed by atoms with E-state index in [1.165, 1.54) is 12.1 Å². The minimum atomic E-state index is -4.46. The lowest BCUT2D eigenvalue weighted by Gasteiger charge is -2.33. The molecule has 2 amide bonds. The number of rotatable bonds is 4. The molecule has 148 valence electrons. The first kappa shape index (κ1) is 19.6. The number of hydrogen-bond donors (Lipinski definition) is 1. The zero-order chi connectivity index (χ0) is 19.4. The SMILES string of the molecule is O=C(CN1CCOC(C(=O)N2CCCC2)C1)Nc1cccc(C(F)(F)F)c1. The summed E-state index contributed by atoms with van der Waals surface area (Å²) in [5, 5.41) is 2.48. The van der Waals surface area contributed by atoms with Crippen molar-refractivity contribution in [2.24, 2.45) is 0 Å². The number of carbonyl (C=O) groups is 2. The van der Waals surface area contributed by atoms with Gasteiger partial charge in [0.05, 0.1) is 18.7 Å². The van der Waals surface area contributed by atoms with E-state index in [4.69, 9.17) is 4.74 Å². The first-order valence-electron chi connectivity index (χ1n) is 8.93. The molecule has 1 aromatic carbocycles. The highest BCUT2D eigenvalue weighted by molar-refractivity contribution is 5.92. The van der Waals surface area contributed by atoms with Crippen LogP contribution < -0.4 is 5.32 Å². The number of benzene rings is 1. The van der Waals surface area contributed by atoms with E-state index in [9.17, 15) is 22.8 Å². The Morgan fingerprint density at radius 2 is 1.93 bits per heavy atom. The molecule has 1 aromatic rings. The maximum Gasteiger partial charge on any atom is 0.416 e. The van der Waals surface area contributed by atoms with Crippen molar-refractivity contribution in [3.63, 3.8) is 0 Å². The van der Waals surface area contributed by atoms with E-state index in [1.807, 2.05) is 0 Å². The minimum Gasteiger partial charge on any atom is -0.366 e. The van der Waals surface area contributed by atoms with E-state index in [0.717, 1.165) is 38.1 Å². The van der Waals surface area contributed by atoms with Crippen LogP contribution in [0.2, 0.25) is 0 Å². The van der Waals surface area contributed by atoms with E-state index in [2.05, 4.69) is 5.32 Å². The van der Waals surface area contributed by atoms with Crippen LogP contribution in [0.4, 0.5) is 18.9 Å². The third-order valence-electron chi connectivity index (χ3n) is 4.68. The molecule has 6 nitrogen and oxygen atoms in total. The Kier molecular flexibility index (Phi) is 6.01. The van der Waals surface area contributed by atoms with E-state index >= 15 is 0 Å². The average Bonchev–Trinajstić information content (AvgIpc) is 3.15. The highest BCUT2D eigenvalue weighted by atomic mass is 19.4. The second-order valence-corrected chi connectivity index (χ2v) is 6.75. The third kappa shape index (κ3) is 5.20. The number of alkyl halides is 3. The van der Waals surface area contributed by atoms with Gasteiger partial charge in [-0.25, -0.2) is 0 Å². The summed E-state index contributed by atoms with van der Waals surface area (Å²) < 4.78 is 43.8. The smallest absolute Gasteiger partial charge is 0.366 e. The molecule has 9 heteroatoms. The van der Waals surface area contributed by atoms with Gasteiger partial charge < -0.3 is 15.0 Å². The summed E-state index contributed by atoms with van der Waals surface area (Å²) in [7, 11) is 0. The number of carbonyl (C=O) groups excluding carboxylic acids is 2. The van der Waals surface area contributed by atoms with Gasteiger partial charge in [-0.15, -0.1) is 0 Å². The lowest BCUT2D eigenvalue weighted by Crippen LogP contribution is -2.51. The lowest BCUT2D eigenvalue weighted by molar-refractivity contribution is -0.149. The highest BCUT2D eigenvalue weighted by Crippen LogP contribution is 2.30. The van der Waals surface area contributed by atoms with Crippen LogP contribution in [-0.2, 0) is 20.5 Å². The summed E-state index contributed by atoms with van der Waals surface area (Å²) >= 11 is 0. The number of anilines is 1. The van der Waals surface area contributed by atoms with Gasteiger partial charge in [0.15, 0.2) is 0 Å². The van der Waals surface area contributed by atoms with Crippen LogP contribution in [0.5, 0.6) is 0 Å². The molecule has 0 radical (unpaired) electrons. The Balaban J connectivity index is 1.54. The van der Waals surface area contributed by atoms with Crippen molar-refractivity contribution in [3.8, 4) is 0 Å². The van der Waals surface area contributed by atoms with Crippen molar-refractivity contribution in [1.29, 1.82) is 0 Å². The molecule has 1 N–H and O–H groups in total. The molecule has 0 aliphatic carbocycles. The molecule has 27 heavy (non-hydrogen) atoms. The Morgan fingerprint density at radius 1 is 1.19 bits per heavy atom. The number of ether oxygens (including phenoxy) is 1. The van der Waals surface area contributed by atoms with E-state index in [-0.39, 0.29) is 18.1 Å². The average molecular weight is 385 g/mol. The topological polar surface area (TPSA) is 61.9 Å². The van der Waals surface area contributed by atoms with E-state index in [0.29, 0.717) is 19.7 Å². The zero-order valence-corrected chi connectivity index (χ0v) is 14.8. The van der Waals surface area contributed by atoms with Crippen LogP contribution in [0.15, 0.2) is 24.3 Å². The first-order valence-corrected chi connectivity index (χ1v) is 8.93. The van der Waals surface area contributed by atoms with Crippen LogP contribution in [0, 0.1) is 0 Å². The summed E-state index contributed by atoms with van der Waals surface area (Å²) in [6.07, 6.45) is -3.09. The Bertz CT molecular complexity index is 690. The molecule has 2 heterocycles. The molecule has 0 aromatic heterocycles. The number of morpholine rings is 1. The normalized spacial score (nSPS) is 21.3. The van der Waals surface area contributed by atoms with Crippen LogP contribution in [0.25, 0.3) is 0 Å². The minimum absolute atomic E-state index is 0.0105. The highest BCUT2D eigenvalue weighted by Gasteiger charge is 2.32. The van der Waals surface area contributed by atoms with Crippen molar-refractivity contribution in [2.75, 3.05) is 44.6 Å². The molecule has 0 bridgehead atoms. The second kappa shape index (κ2) is 8.26. The lowest BCUT2D eigenvalue weighted by atomic mass is 10.2. The van der Waals surface area contributed by atoms with Crippen molar-refractivity contribution in [1.82, 2.24) is 9.80 Å². The van der Waals surface area contributed by atoms with Crippen LogP contribution >= 0.6 is 0 Å². The van der Waals surface area contributed by atoms with E-state index < -0.39 is 23.8 Å². The fraction of sp³-hybridized carbons (Fsp3) is 0.556. The Hall–Kier alpha value is -2.13. The van der Waals surface area contributed by atoms with Crippen LogP contribution in [-0.4, -0.2) is 67.0 Å². The number of nitrogens with zero attached hydrogens (tertiary/aromatic N) is 2. The summed E-state index contributed by atoms with van der Waals surface area (Å²) in [6, 6.07) is 4.51. The largest absolute Gasteiger partial charge is 0.416 e. The van der Waals surface area contributed by atoms with Crippen LogP contribution in [0.1, 0.15) is 18.4 Å². The van der Waals surface area contributed by atoms with Crippen molar-refractivity contribution in [3.05, 3.63) is 29.8 Å². The van der Waals surface area contributed by atoms with Gasteiger partial charge in [0, 0.05) is 31.9 Å². The number of hydrogen-bond acceptors (Lipinski definition) is 4. The zero-order valence-electron chi connectivity index (χ0n) is 14.8. The standard InChI is InChI=1S/C18H22F3N3O3/c19-18(20,21)13-4-3-5-14(10-13)22-16(25)12-23-8-9-27-15(11-23)17(26)24-6-1-2-7-24/h3-5,10,15H,1-2,6-9,11-12H2,(H,22,25). The third-order valence-corrected chi connectivity index (χ3v) is 4.68. The van der Waals surface area contributed by atoms with Gasteiger partial charge in [-0.1, -0.05) is 6.07 Å². The molecular formula is C18H22F3N3O3. The van der Waals surface area contributed by atoms with Gasteiger partial charge in [0.25, 0.3) is 5.91 Å². The number of halogens is 3. The molecule has 1 atom stereocenters. The number of likely N-dealkylation sites (tertiary alicyclic amines) is 1. The predicted molar refractivity (Wildman–Crippen MR) is 92.1 cm³/mol. The van der Waals surface area contributed by atoms with Gasteiger partial charge in [-0.2, -0.15) is 13.2 Å². The molecule has 0 spiro atoms. The molecule has 2 fully saturated rings. The van der Waals surface area contributed by atoms with Gasteiger partial charge in [-0.3, -0.25) is 14.5 Å². The van der Waals surface area contributed by atoms with Gasteiger partial charge in [-0.05, 0) is 31.0 Å². The summed E-state index contributed by atoms with van der Waals surface area (Å²) in [4.78, 5) is 28.2. The summed E-state index contributed by atoms with van der Waals surface area (Å²) in [6.45, 7) is 2.57. The Labute approximate surface area is 155 Å². The van der Waals surface area contributed by atoms with Crippen molar-refractivity contribution in [2.45, 2.75) is 25.1 Å². The number of nitrogens with one attached hydrogen (secondary N) is 1. The molecule has 2 saturated heterocycles. The molecule has 2 aliphatic rings. The summed E-state index contributed by atoms with van der Waals surface area (Å²) in [5.41, 5.74) is -0.726. The molecular weight excluding hydrogens is 363 g/mol. The number of amides is 2. The maximum absolute atomic E-state index is 12.8. The monoisotopic (exact) mass is 385 g/mol. The van der Waals surface area contributed by atoms with E-state index in [1.54, 1.807) is 9.80 Å². The van der Waals surface area contributed by atoms with Crippen molar-refractivity contribution < 1.29 is 27.5 Å². The second-order valence-electron chi connectivity index (χ2n) is 6.75. The Morgan fingerprint density at radius 3 is 2.63 bits per heavy atom. The molecule has 2 aliphatic heterocycles. The van der Waals surface area contributed by atoms with Gasteiger partial charge in [0.2, 0.25) is 5.91 Å². The molecule has 3 rings (SSSR count). The fourth-order valence-electron chi connectivity index (χ4n) is 3.31. The fourth-order valence-corrected chi connectivity index (χ4v) is 3.31. The quantitative estimate of drug-likeness (QED) is 0.861. The molecule has 1 unspecified atom stereocenters. The van der Waals surface area contributed by atoms with Gasteiger partial charge >= 0.3 is 6.18 Å². The predicted octanol–water partition coefficient (Wildman–Crippen LogP) is 1.97. The maximum atomic E-state index is 12.8. The van der Waals surface area contributed by atoms with Crippen molar-refractivity contribution >= 4 is 17.5 Å². The first-order chi connectivity index (χ1) is 12.8.